The summed E-state index contributed by atoms with van der Waals surface area (Å²) in [6.07, 6.45) is 0. The van der Waals surface area contributed by atoms with Crippen LogP contribution < -0.4 is 4.90 Å². The van der Waals surface area contributed by atoms with E-state index in [0.717, 1.165) is 33.8 Å². The molecule has 0 amide bonds. The molecule has 0 aliphatic rings. The van der Waals surface area contributed by atoms with Crippen molar-refractivity contribution in [2.45, 2.75) is 0 Å². The van der Waals surface area contributed by atoms with E-state index in [-0.39, 0.29) is 0 Å². The topological polar surface area (TPSA) is 3.24 Å². The molecule has 0 fully saturated rings. The lowest BCUT2D eigenvalue weighted by Crippen LogP contribution is -2.11. The van der Waals surface area contributed by atoms with E-state index in [1.807, 2.05) is 0 Å². The summed E-state index contributed by atoms with van der Waals surface area (Å²) in [7, 11) is 0. The summed E-state index contributed by atoms with van der Waals surface area (Å²) in [4.78, 5) is 2.40. The van der Waals surface area contributed by atoms with Crippen molar-refractivity contribution in [2.24, 2.45) is 0 Å². The van der Waals surface area contributed by atoms with Crippen molar-refractivity contribution in [1.82, 2.24) is 0 Å². The molecule has 61 heavy (non-hydrogen) atoms. The minimum Gasteiger partial charge on any atom is -0.310 e. The quantitative estimate of drug-likeness (QED) is 0.134. The summed E-state index contributed by atoms with van der Waals surface area (Å²) in [6.45, 7) is 0. The van der Waals surface area contributed by atoms with Crippen LogP contribution in [0.5, 0.6) is 0 Å². The zero-order valence-electron chi connectivity index (χ0n) is 33.8. The van der Waals surface area contributed by atoms with Crippen molar-refractivity contribution in [3.05, 3.63) is 261 Å². The van der Waals surface area contributed by atoms with E-state index >= 15 is 0 Å². The zero-order chi connectivity index (χ0) is 40.8. The van der Waals surface area contributed by atoms with Crippen LogP contribution in [0.15, 0.2) is 261 Å². The predicted octanol–water partition coefficient (Wildman–Crippen LogP) is 16.8. The van der Waals surface area contributed by atoms with Gasteiger partial charge in [0.2, 0.25) is 0 Å². The van der Waals surface area contributed by atoms with E-state index in [1.54, 1.807) is 0 Å². The van der Waals surface area contributed by atoms with Crippen molar-refractivity contribution in [3.63, 3.8) is 0 Å². The number of hydrogen-bond acceptors (Lipinski definition) is 1. The molecule has 0 atom stereocenters. The summed E-state index contributed by atoms with van der Waals surface area (Å²) < 4.78 is 0. The average Bonchev–Trinajstić information content (AvgIpc) is 3.36. The highest BCUT2D eigenvalue weighted by Gasteiger charge is 2.20. The summed E-state index contributed by atoms with van der Waals surface area (Å²) in [5, 5.41) is 0. The van der Waals surface area contributed by atoms with Gasteiger partial charge in [0.15, 0.2) is 0 Å². The maximum atomic E-state index is 2.40. The Hall–Kier alpha value is -8.00. The van der Waals surface area contributed by atoms with Gasteiger partial charge in [-0.25, -0.2) is 0 Å². The molecule has 0 aromatic heterocycles. The third kappa shape index (κ3) is 7.93. The average molecular weight is 778 g/mol. The van der Waals surface area contributed by atoms with Gasteiger partial charge in [-0.3, -0.25) is 0 Å². The van der Waals surface area contributed by atoms with E-state index in [1.165, 1.54) is 61.2 Å². The Morgan fingerprint density at radius 1 is 0.180 bits per heavy atom. The first-order chi connectivity index (χ1) is 30.2. The Labute approximate surface area is 359 Å². The van der Waals surface area contributed by atoms with Gasteiger partial charge in [-0.1, -0.05) is 218 Å². The van der Waals surface area contributed by atoms with Gasteiger partial charge in [-0.15, -0.1) is 0 Å². The molecule has 0 radical (unpaired) electrons. The Morgan fingerprint density at radius 3 is 0.869 bits per heavy atom. The Morgan fingerprint density at radius 2 is 0.459 bits per heavy atom. The van der Waals surface area contributed by atoms with Crippen LogP contribution in [0.1, 0.15) is 0 Å². The second kappa shape index (κ2) is 17.1. The second-order valence-corrected chi connectivity index (χ2v) is 15.3. The molecular weight excluding hydrogens is 735 g/mol. The van der Waals surface area contributed by atoms with Crippen LogP contribution in [0.2, 0.25) is 0 Å². The second-order valence-electron chi connectivity index (χ2n) is 15.3. The van der Waals surface area contributed by atoms with E-state index in [9.17, 15) is 0 Å². The number of hydrogen-bond donors (Lipinski definition) is 0. The van der Waals surface area contributed by atoms with E-state index in [4.69, 9.17) is 0 Å². The molecule has 0 unspecified atom stereocenters. The van der Waals surface area contributed by atoms with Gasteiger partial charge in [0.05, 0.1) is 5.69 Å². The van der Waals surface area contributed by atoms with Crippen molar-refractivity contribution >= 4 is 17.1 Å². The SMILES string of the molecule is c1ccc(-c2ccc(-c3ccc(N(c4ccc(-c5ccccc5)cc4)c4ccc(-c5ccc(-c6ccccc6)c(-c6ccccc6)c5)cc4-c4ccccc4)cc3)cc2)cc1. The molecule has 10 aromatic carbocycles. The third-order valence-electron chi connectivity index (χ3n) is 11.5. The molecule has 0 saturated heterocycles. The highest BCUT2D eigenvalue weighted by molar-refractivity contribution is 5.93. The minimum absolute atomic E-state index is 1.08. The van der Waals surface area contributed by atoms with Crippen LogP contribution in [-0.4, -0.2) is 0 Å². The predicted molar refractivity (Wildman–Crippen MR) is 259 cm³/mol. The van der Waals surface area contributed by atoms with Crippen LogP contribution in [-0.2, 0) is 0 Å². The van der Waals surface area contributed by atoms with Crippen LogP contribution in [0, 0.1) is 0 Å². The fourth-order valence-corrected chi connectivity index (χ4v) is 8.36. The minimum atomic E-state index is 1.08. The normalized spacial score (nSPS) is 11.0. The lowest BCUT2D eigenvalue weighted by Gasteiger charge is -2.29. The van der Waals surface area contributed by atoms with E-state index in [2.05, 4.69) is 266 Å². The Bertz CT molecular complexity index is 3000. The molecule has 288 valence electrons. The van der Waals surface area contributed by atoms with E-state index < -0.39 is 0 Å². The fraction of sp³-hybridized carbons (Fsp3) is 0. The van der Waals surface area contributed by atoms with Crippen LogP contribution >= 0.6 is 0 Å². The van der Waals surface area contributed by atoms with Crippen LogP contribution in [0.4, 0.5) is 17.1 Å². The molecule has 10 rings (SSSR count). The molecular formula is C60H43N. The standard InChI is InChI=1S/C60H43N/c1-6-16-44(17-7-1)46-26-28-47(29-27-46)49-32-38-56(39-33-49)61(55-36-30-48(31-37-55)45-18-8-2-9-19-45)60-41-35-54(43-59(60)52-24-14-5-15-25-52)53-34-40-57(50-20-10-3-11-21-50)58(42-53)51-22-12-4-13-23-51/h1-43H. The first-order valence-corrected chi connectivity index (χ1v) is 20.9. The monoisotopic (exact) mass is 777 g/mol. The van der Waals surface area contributed by atoms with Gasteiger partial charge in [-0.2, -0.15) is 0 Å². The third-order valence-corrected chi connectivity index (χ3v) is 11.5. The number of anilines is 3. The summed E-state index contributed by atoms with van der Waals surface area (Å²) >= 11 is 0. The first kappa shape index (κ1) is 37.3. The van der Waals surface area contributed by atoms with Gasteiger partial charge in [0.1, 0.15) is 0 Å². The number of nitrogens with zero attached hydrogens (tertiary/aromatic N) is 1. The maximum absolute atomic E-state index is 2.40. The Balaban J connectivity index is 1.09. The summed E-state index contributed by atoms with van der Waals surface area (Å²) in [5.74, 6) is 0. The zero-order valence-corrected chi connectivity index (χ0v) is 33.8. The molecule has 0 N–H and O–H groups in total. The molecule has 1 nitrogen and oxygen atoms in total. The lowest BCUT2D eigenvalue weighted by molar-refractivity contribution is 1.28. The highest BCUT2D eigenvalue weighted by atomic mass is 15.1. The molecule has 0 saturated carbocycles. The van der Waals surface area contributed by atoms with Crippen LogP contribution in [0.3, 0.4) is 0 Å². The van der Waals surface area contributed by atoms with Crippen molar-refractivity contribution in [2.75, 3.05) is 4.90 Å². The number of benzene rings is 10. The largest absolute Gasteiger partial charge is 0.310 e. The van der Waals surface area contributed by atoms with E-state index in [0.29, 0.717) is 0 Å². The van der Waals surface area contributed by atoms with Gasteiger partial charge in [0.25, 0.3) is 0 Å². The van der Waals surface area contributed by atoms with Crippen molar-refractivity contribution < 1.29 is 0 Å². The molecule has 10 aromatic rings. The molecule has 0 aliphatic carbocycles. The highest BCUT2D eigenvalue weighted by Crippen LogP contribution is 2.44. The smallest absolute Gasteiger partial charge is 0.0540 e. The van der Waals surface area contributed by atoms with Gasteiger partial charge in [0, 0.05) is 16.9 Å². The van der Waals surface area contributed by atoms with Crippen LogP contribution in [0.25, 0.3) is 77.9 Å². The fourth-order valence-electron chi connectivity index (χ4n) is 8.36. The van der Waals surface area contributed by atoms with Gasteiger partial charge in [-0.05, 0) is 115 Å². The molecule has 1 heteroatoms. The van der Waals surface area contributed by atoms with Gasteiger partial charge < -0.3 is 4.90 Å². The van der Waals surface area contributed by atoms with Crippen molar-refractivity contribution in [1.29, 1.82) is 0 Å². The molecule has 0 heterocycles. The Kier molecular flexibility index (Phi) is 10.4. The number of rotatable bonds is 10. The maximum Gasteiger partial charge on any atom is 0.0540 e. The lowest BCUT2D eigenvalue weighted by atomic mass is 9.90. The summed E-state index contributed by atoms with van der Waals surface area (Å²) in [5.41, 5.74) is 19.9. The summed E-state index contributed by atoms with van der Waals surface area (Å²) in [6, 6.07) is 94.0. The van der Waals surface area contributed by atoms with Crippen molar-refractivity contribution in [3.8, 4) is 77.9 Å². The molecule has 0 aliphatic heterocycles. The first-order valence-electron chi connectivity index (χ1n) is 20.9. The molecule has 0 bridgehead atoms. The van der Waals surface area contributed by atoms with Gasteiger partial charge >= 0.3 is 0 Å². The molecule has 0 spiro atoms.